The Labute approximate surface area is 212 Å². The third kappa shape index (κ3) is 6.14. The number of hydrogen-bond donors (Lipinski definition) is 0. The van der Waals surface area contributed by atoms with Crippen molar-refractivity contribution in [3.05, 3.63) is 106 Å². The highest BCUT2D eigenvalue weighted by Gasteiger charge is 2.35. The van der Waals surface area contributed by atoms with E-state index in [0.29, 0.717) is 11.1 Å². The largest absolute Gasteiger partial charge is 0.462 e. The van der Waals surface area contributed by atoms with Crippen LogP contribution in [0.5, 0.6) is 0 Å². The lowest BCUT2D eigenvalue weighted by molar-refractivity contribution is -0.141. The molecule has 11 heteroatoms. The van der Waals surface area contributed by atoms with E-state index >= 15 is 0 Å². The number of rotatable bonds is 6. The van der Waals surface area contributed by atoms with Gasteiger partial charge in [0.2, 0.25) is 0 Å². The molecule has 0 aliphatic heterocycles. The van der Waals surface area contributed by atoms with E-state index in [1.54, 1.807) is 12.1 Å². The van der Waals surface area contributed by atoms with E-state index in [9.17, 15) is 31.1 Å². The number of hydrogen-bond acceptors (Lipinski definition) is 3. The van der Waals surface area contributed by atoms with Crippen molar-refractivity contribution in [1.82, 2.24) is 9.78 Å². The van der Waals surface area contributed by atoms with E-state index in [-0.39, 0.29) is 35.0 Å². The van der Waals surface area contributed by atoms with Crippen molar-refractivity contribution in [3.8, 4) is 16.9 Å². The third-order valence-electron chi connectivity index (χ3n) is 5.38. The van der Waals surface area contributed by atoms with Crippen molar-refractivity contribution >= 4 is 17.6 Å². The Kier molecular flexibility index (Phi) is 7.31. The van der Waals surface area contributed by atoms with Gasteiger partial charge in [-0.3, -0.25) is 0 Å². The van der Waals surface area contributed by atoms with Crippen LogP contribution >= 0.6 is 11.6 Å². The number of para-hydroxylation sites is 1. The monoisotopic (exact) mass is 538 g/mol. The van der Waals surface area contributed by atoms with Crippen molar-refractivity contribution < 1.29 is 35.9 Å². The highest BCUT2D eigenvalue weighted by atomic mass is 35.5. The summed E-state index contributed by atoms with van der Waals surface area (Å²) < 4.78 is 84.9. The van der Waals surface area contributed by atoms with Crippen LogP contribution in [0.15, 0.2) is 78.9 Å². The normalized spacial score (nSPS) is 12.0. The Morgan fingerprint density at radius 1 is 0.865 bits per heavy atom. The maximum atomic E-state index is 13.4. The van der Waals surface area contributed by atoms with E-state index in [4.69, 9.17) is 16.3 Å². The molecule has 1 aromatic heterocycles. The van der Waals surface area contributed by atoms with Crippen molar-refractivity contribution in [2.45, 2.75) is 18.8 Å². The fourth-order valence-corrected chi connectivity index (χ4v) is 3.77. The average molecular weight is 539 g/mol. The zero-order chi connectivity index (χ0) is 26.8. The predicted octanol–water partition coefficient (Wildman–Crippen LogP) is 7.63. The van der Waals surface area contributed by atoms with E-state index in [1.807, 2.05) is 0 Å². The number of aromatic nitrogens is 2. The molecule has 0 spiro atoms. The minimum absolute atomic E-state index is 0.0744. The van der Waals surface area contributed by atoms with Crippen molar-refractivity contribution in [2.75, 3.05) is 6.61 Å². The molecule has 0 radical (unpaired) electrons. The smallest absolute Gasteiger partial charge is 0.435 e. The molecule has 0 unspecified atom stereocenters. The summed E-state index contributed by atoms with van der Waals surface area (Å²) >= 11 is 6.17. The van der Waals surface area contributed by atoms with E-state index in [1.165, 1.54) is 48.5 Å². The van der Waals surface area contributed by atoms with Gasteiger partial charge in [-0.15, -0.1) is 0 Å². The lowest BCUT2D eigenvalue weighted by Crippen LogP contribution is -2.09. The lowest BCUT2D eigenvalue weighted by atomic mass is 10.1. The van der Waals surface area contributed by atoms with Gasteiger partial charge in [0.15, 0.2) is 5.69 Å². The minimum Gasteiger partial charge on any atom is -0.462 e. The second-order valence-electron chi connectivity index (χ2n) is 7.94. The molecule has 37 heavy (non-hydrogen) atoms. The lowest BCUT2D eigenvalue weighted by Gasteiger charge is -2.10. The van der Waals surface area contributed by atoms with Crippen LogP contribution in [0.4, 0.5) is 26.3 Å². The zero-order valence-electron chi connectivity index (χ0n) is 18.8. The maximum Gasteiger partial charge on any atom is 0.435 e. The standard InChI is InChI=1S/C26H17ClF6N2O2/c27-20-6-1-2-7-21(20)35-22(15-23(34-35)26(31,32)33)17-8-10-18(11-9-17)24(36)37-13-12-16-4-3-5-19(14-16)25(28,29)30/h1-11,14-15H,12-13H2. The van der Waals surface area contributed by atoms with Gasteiger partial charge in [0.1, 0.15) is 0 Å². The fourth-order valence-electron chi connectivity index (χ4n) is 3.56. The van der Waals surface area contributed by atoms with Crippen LogP contribution in [0.25, 0.3) is 16.9 Å². The second-order valence-corrected chi connectivity index (χ2v) is 8.34. The fraction of sp³-hybridized carbons (Fsp3) is 0.154. The molecule has 0 saturated carbocycles. The highest BCUT2D eigenvalue weighted by Crippen LogP contribution is 2.35. The van der Waals surface area contributed by atoms with E-state index in [0.717, 1.165) is 22.9 Å². The van der Waals surface area contributed by atoms with Crippen LogP contribution in [-0.2, 0) is 23.5 Å². The first-order chi connectivity index (χ1) is 17.4. The molecule has 0 fully saturated rings. The Bertz CT molecular complexity index is 1410. The molecular formula is C26H17ClF6N2O2. The maximum absolute atomic E-state index is 13.4. The quantitative estimate of drug-likeness (QED) is 0.187. The molecule has 4 nitrogen and oxygen atoms in total. The van der Waals surface area contributed by atoms with Crippen LogP contribution < -0.4 is 0 Å². The summed E-state index contributed by atoms with van der Waals surface area (Å²) in [6, 6.07) is 17.5. The molecular weight excluding hydrogens is 522 g/mol. The molecule has 0 saturated heterocycles. The molecule has 0 bridgehead atoms. The number of nitrogens with zero attached hydrogens (tertiary/aromatic N) is 2. The first kappa shape index (κ1) is 26.3. The molecule has 1 heterocycles. The van der Waals surface area contributed by atoms with Crippen molar-refractivity contribution in [3.63, 3.8) is 0 Å². The summed E-state index contributed by atoms with van der Waals surface area (Å²) in [4.78, 5) is 12.4. The Hall–Kier alpha value is -3.79. The van der Waals surface area contributed by atoms with Gasteiger partial charge in [0, 0.05) is 12.0 Å². The topological polar surface area (TPSA) is 44.1 Å². The van der Waals surface area contributed by atoms with Gasteiger partial charge in [0.05, 0.1) is 34.1 Å². The number of esters is 1. The summed E-state index contributed by atoms with van der Waals surface area (Å²) in [5, 5.41) is 3.88. The summed E-state index contributed by atoms with van der Waals surface area (Å²) in [7, 11) is 0. The molecule has 0 aliphatic carbocycles. The SMILES string of the molecule is O=C(OCCc1cccc(C(F)(F)F)c1)c1ccc(-c2cc(C(F)(F)F)nn2-c2ccccc2Cl)cc1. The molecule has 0 N–H and O–H groups in total. The van der Waals surface area contributed by atoms with Gasteiger partial charge in [-0.2, -0.15) is 31.4 Å². The number of halogens is 7. The van der Waals surface area contributed by atoms with Crippen LogP contribution in [-0.4, -0.2) is 22.4 Å². The minimum atomic E-state index is -4.69. The van der Waals surface area contributed by atoms with Crippen LogP contribution in [0.3, 0.4) is 0 Å². The summed E-state index contributed by atoms with van der Waals surface area (Å²) in [5.41, 5.74) is -0.753. The first-order valence-corrected chi connectivity index (χ1v) is 11.2. The molecule has 4 aromatic rings. The third-order valence-corrected chi connectivity index (χ3v) is 5.69. The molecule has 4 rings (SSSR count). The predicted molar refractivity (Wildman–Crippen MR) is 124 cm³/mol. The first-order valence-electron chi connectivity index (χ1n) is 10.8. The second kappa shape index (κ2) is 10.3. The summed E-state index contributed by atoms with van der Waals surface area (Å²) in [5.74, 6) is -0.728. The van der Waals surface area contributed by atoms with Crippen molar-refractivity contribution in [1.29, 1.82) is 0 Å². The molecule has 0 atom stereocenters. The van der Waals surface area contributed by atoms with Crippen molar-refractivity contribution in [2.24, 2.45) is 0 Å². The van der Waals surface area contributed by atoms with Gasteiger partial charge in [0.25, 0.3) is 0 Å². The van der Waals surface area contributed by atoms with Crippen LogP contribution in [0.1, 0.15) is 27.2 Å². The number of ether oxygens (including phenoxy) is 1. The van der Waals surface area contributed by atoms with Gasteiger partial charge in [-0.05, 0) is 42.0 Å². The summed E-state index contributed by atoms with van der Waals surface area (Å²) in [6.07, 6.45) is -9.09. The average Bonchev–Trinajstić information content (AvgIpc) is 3.30. The van der Waals surface area contributed by atoms with Gasteiger partial charge in [-0.1, -0.05) is 54.1 Å². The highest BCUT2D eigenvalue weighted by molar-refractivity contribution is 6.32. The Balaban J connectivity index is 1.50. The van der Waals surface area contributed by atoms with Gasteiger partial charge < -0.3 is 4.74 Å². The Morgan fingerprint density at radius 3 is 2.22 bits per heavy atom. The molecule has 3 aromatic carbocycles. The summed E-state index contributed by atoms with van der Waals surface area (Å²) in [6.45, 7) is -0.157. The Morgan fingerprint density at radius 2 is 1.57 bits per heavy atom. The number of carbonyl (C=O) groups is 1. The molecule has 0 amide bonds. The molecule has 0 aliphatic rings. The van der Waals surface area contributed by atoms with Gasteiger partial charge in [-0.25, -0.2) is 9.48 Å². The molecule has 192 valence electrons. The van der Waals surface area contributed by atoms with Crippen LogP contribution in [0.2, 0.25) is 5.02 Å². The van der Waals surface area contributed by atoms with Crippen LogP contribution in [0, 0.1) is 0 Å². The van der Waals surface area contributed by atoms with E-state index in [2.05, 4.69) is 5.10 Å². The van der Waals surface area contributed by atoms with E-state index < -0.39 is 29.6 Å². The number of benzene rings is 3. The number of carbonyl (C=O) groups excluding carboxylic acids is 1. The zero-order valence-corrected chi connectivity index (χ0v) is 19.5. The van der Waals surface area contributed by atoms with Gasteiger partial charge >= 0.3 is 18.3 Å². The number of alkyl halides is 6.